The lowest BCUT2D eigenvalue weighted by Crippen LogP contribution is -2.66. The fourth-order valence-corrected chi connectivity index (χ4v) is 2.18. The van der Waals surface area contributed by atoms with E-state index in [-0.39, 0.29) is 17.5 Å². The van der Waals surface area contributed by atoms with E-state index in [0.29, 0.717) is 6.54 Å². The van der Waals surface area contributed by atoms with E-state index in [1.807, 2.05) is 6.92 Å². The van der Waals surface area contributed by atoms with Crippen LogP contribution >= 0.6 is 0 Å². The van der Waals surface area contributed by atoms with Gasteiger partial charge in [0.2, 0.25) is 0 Å². The van der Waals surface area contributed by atoms with Crippen molar-refractivity contribution in [1.82, 2.24) is 9.80 Å². The summed E-state index contributed by atoms with van der Waals surface area (Å²) in [4.78, 5) is 16.2. The van der Waals surface area contributed by atoms with Crippen LogP contribution in [0, 0.1) is 0 Å². The number of hydrogen-bond donors (Lipinski definition) is 2. The van der Waals surface area contributed by atoms with Gasteiger partial charge in [-0.1, -0.05) is 0 Å². The predicted molar refractivity (Wildman–Crippen MR) is 69.3 cm³/mol. The highest BCUT2D eigenvalue weighted by molar-refractivity contribution is 5.85. The van der Waals surface area contributed by atoms with Crippen molar-refractivity contribution in [3.05, 3.63) is 0 Å². The molecule has 1 fully saturated rings. The standard InChI is InChI=1S/C12H26N4O/c1-9-8-15(11(2,3)4)6-7-16(9)10(17)12(5,13)14/h9H,6-8,13-14H2,1-5H3/t9-/m1/s1. The highest BCUT2D eigenvalue weighted by atomic mass is 16.2. The van der Waals surface area contributed by atoms with Gasteiger partial charge in [0, 0.05) is 31.2 Å². The average molecular weight is 242 g/mol. The molecule has 1 rings (SSSR count). The third kappa shape index (κ3) is 3.40. The Hall–Kier alpha value is -0.650. The Bertz CT molecular complexity index is 290. The Morgan fingerprint density at radius 3 is 2.06 bits per heavy atom. The van der Waals surface area contributed by atoms with Crippen LogP contribution in [-0.4, -0.2) is 52.6 Å². The molecular formula is C12H26N4O. The summed E-state index contributed by atoms with van der Waals surface area (Å²) in [6, 6.07) is 0.155. The van der Waals surface area contributed by atoms with Crippen LogP contribution in [-0.2, 0) is 4.79 Å². The second-order valence-electron chi connectivity index (χ2n) is 6.25. The smallest absolute Gasteiger partial charge is 0.257 e. The number of hydrogen-bond acceptors (Lipinski definition) is 4. The van der Waals surface area contributed by atoms with Gasteiger partial charge in [-0.15, -0.1) is 0 Å². The molecular weight excluding hydrogens is 216 g/mol. The molecule has 0 saturated carbocycles. The SMILES string of the molecule is C[C@@H]1CN(C(C)(C)C)CCN1C(=O)C(C)(N)N. The summed E-state index contributed by atoms with van der Waals surface area (Å²) in [5, 5.41) is 0. The van der Waals surface area contributed by atoms with Gasteiger partial charge in [-0.05, 0) is 34.6 Å². The number of nitrogens with two attached hydrogens (primary N) is 2. The number of carbonyl (C=O) groups excluding carboxylic acids is 1. The maximum Gasteiger partial charge on any atom is 0.257 e. The molecule has 0 bridgehead atoms. The number of piperazine rings is 1. The number of carbonyl (C=O) groups is 1. The summed E-state index contributed by atoms with van der Waals surface area (Å²) < 4.78 is 0. The molecule has 1 aliphatic heterocycles. The van der Waals surface area contributed by atoms with Crippen molar-refractivity contribution in [1.29, 1.82) is 0 Å². The largest absolute Gasteiger partial charge is 0.335 e. The third-order valence-electron chi connectivity index (χ3n) is 3.30. The molecule has 0 aliphatic carbocycles. The first-order chi connectivity index (χ1) is 7.53. The van der Waals surface area contributed by atoms with E-state index >= 15 is 0 Å². The van der Waals surface area contributed by atoms with Gasteiger partial charge >= 0.3 is 0 Å². The Labute approximate surface area is 104 Å². The first-order valence-corrected chi connectivity index (χ1v) is 6.17. The first kappa shape index (κ1) is 14.4. The Kier molecular flexibility index (Phi) is 3.86. The molecule has 0 spiro atoms. The van der Waals surface area contributed by atoms with Gasteiger partial charge < -0.3 is 16.4 Å². The fraction of sp³-hybridized carbons (Fsp3) is 0.917. The van der Waals surface area contributed by atoms with Crippen LogP contribution in [0.2, 0.25) is 0 Å². The second kappa shape index (κ2) is 4.55. The fourth-order valence-electron chi connectivity index (χ4n) is 2.18. The van der Waals surface area contributed by atoms with Gasteiger partial charge in [0.1, 0.15) is 5.66 Å². The van der Waals surface area contributed by atoms with Crippen LogP contribution in [0.5, 0.6) is 0 Å². The number of amides is 1. The molecule has 0 unspecified atom stereocenters. The van der Waals surface area contributed by atoms with E-state index < -0.39 is 5.66 Å². The van der Waals surface area contributed by atoms with Gasteiger partial charge in [-0.2, -0.15) is 0 Å². The average Bonchev–Trinajstić information content (AvgIpc) is 2.13. The Morgan fingerprint density at radius 2 is 1.71 bits per heavy atom. The summed E-state index contributed by atoms with van der Waals surface area (Å²) in [7, 11) is 0. The first-order valence-electron chi connectivity index (χ1n) is 6.17. The van der Waals surface area contributed by atoms with Crippen LogP contribution in [0.25, 0.3) is 0 Å². The lowest BCUT2D eigenvalue weighted by Gasteiger charge is -2.46. The lowest BCUT2D eigenvalue weighted by molar-refractivity contribution is -0.142. The van der Waals surface area contributed by atoms with Crippen LogP contribution in [0.3, 0.4) is 0 Å². The van der Waals surface area contributed by atoms with E-state index in [1.165, 1.54) is 0 Å². The molecule has 1 aliphatic rings. The molecule has 1 saturated heterocycles. The summed E-state index contributed by atoms with van der Waals surface area (Å²) in [6.07, 6.45) is 0. The van der Waals surface area contributed by atoms with Crippen molar-refractivity contribution in [3.63, 3.8) is 0 Å². The lowest BCUT2D eigenvalue weighted by atomic mass is 10.0. The number of rotatable bonds is 1. The van der Waals surface area contributed by atoms with Crippen molar-refractivity contribution in [2.24, 2.45) is 11.5 Å². The molecule has 0 aromatic rings. The van der Waals surface area contributed by atoms with Crippen molar-refractivity contribution in [2.75, 3.05) is 19.6 Å². The molecule has 100 valence electrons. The zero-order valence-corrected chi connectivity index (χ0v) is 11.7. The van der Waals surface area contributed by atoms with Crippen LogP contribution in [0.1, 0.15) is 34.6 Å². The molecule has 5 nitrogen and oxygen atoms in total. The summed E-state index contributed by atoms with van der Waals surface area (Å²) in [6.45, 7) is 12.6. The Morgan fingerprint density at radius 1 is 1.18 bits per heavy atom. The van der Waals surface area contributed by atoms with Gasteiger partial charge in [0.15, 0.2) is 0 Å². The quantitative estimate of drug-likeness (QED) is 0.632. The van der Waals surface area contributed by atoms with E-state index in [2.05, 4.69) is 25.7 Å². The van der Waals surface area contributed by atoms with Crippen LogP contribution < -0.4 is 11.5 Å². The normalized spacial score (nSPS) is 23.9. The van der Waals surface area contributed by atoms with Crippen molar-refractivity contribution >= 4 is 5.91 Å². The van der Waals surface area contributed by atoms with Crippen LogP contribution in [0.4, 0.5) is 0 Å². The highest BCUT2D eigenvalue weighted by Crippen LogP contribution is 2.20. The van der Waals surface area contributed by atoms with Gasteiger partial charge in [0.05, 0.1) is 0 Å². The molecule has 1 amide bonds. The monoisotopic (exact) mass is 242 g/mol. The van der Waals surface area contributed by atoms with Gasteiger partial charge in [-0.25, -0.2) is 0 Å². The van der Waals surface area contributed by atoms with Crippen molar-refractivity contribution < 1.29 is 4.79 Å². The van der Waals surface area contributed by atoms with Crippen molar-refractivity contribution in [3.8, 4) is 0 Å². The summed E-state index contributed by atoms with van der Waals surface area (Å²) in [5.41, 5.74) is 10.2. The molecule has 0 radical (unpaired) electrons. The maximum absolute atomic E-state index is 12.0. The molecule has 0 aromatic carbocycles. The minimum absolute atomic E-state index is 0.137. The zero-order valence-electron chi connectivity index (χ0n) is 11.7. The van der Waals surface area contributed by atoms with E-state index in [0.717, 1.165) is 13.1 Å². The third-order valence-corrected chi connectivity index (χ3v) is 3.30. The molecule has 0 aromatic heterocycles. The molecule has 4 N–H and O–H groups in total. The highest BCUT2D eigenvalue weighted by Gasteiger charge is 2.36. The summed E-state index contributed by atoms with van der Waals surface area (Å²) in [5.74, 6) is -0.168. The van der Waals surface area contributed by atoms with Crippen LogP contribution in [0.15, 0.2) is 0 Å². The second-order valence-corrected chi connectivity index (χ2v) is 6.25. The van der Waals surface area contributed by atoms with E-state index in [4.69, 9.17) is 11.5 Å². The van der Waals surface area contributed by atoms with Gasteiger partial charge in [-0.3, -0.25) is 9.69 Å². The molecule has 5 heteroatoms. The predicted octanol–water partition coefficient (Wildman–Crippen LogP) is -0.0488. The topological polar surface area (TPSA) is 75.6 Å². The molecule has 1 heterocycles. The minimum Gasteiger partial charge on any atom is -0.335 e. The van der Waals surface area contributed by atoms with Crippen molar-refractivity contribution in [2.45, 2.75) is 51.9 Å². The van der Waals surface area contributed by atoms with E-state index in [1.54, 1.807) is 11.8 Å². The summed E-state index contributed by atoms with van der Waals surface area (Å²) >= 11 is 0. The zero-order chi connectivity index (χ0) is 13.4. The number of nitrogens with zero attached hydrogens (tertiary/aromatic N) is 2. The molecule has 17 heavy (non-hydrogen) atoms. The minimum atomic E-state index is -1.27. The Balaban J connectivity index is 2.70. The maximum atomic E-state index is 12.0. The molecule has 1 atom stereocenters. The van der Waals surface area contributed by atoms with Gasteiger partial charge in [0.25, 0.3) is 5.91 Å². The van der Waals surface area contributed by atoms with E-state index in [9.17, 15) is 4.79 Å².